The lowest BCUT2D eigenvalue weighted by Crippen LogP contribution is -2.46. The molecule has 2 saturated heterocycles. The van der Waals surface area contributed by atoms with E-state index in [1.54, 1.807) is 0 Å². The number of benzene rings is 1. The molecule has 0 aromatic heterocycles. The summed E-state index contributed by atoms with van der Waals surface area (Å²) < 4.78 is 10.9. The Balaban J connectivity index is 1.30. The normalized spacial score (nSPS) is 23.8. The van der Waals surface area contributed by atoms with Gasteiger partial charge in [-0.3, -0.25) is 4.90 Å². The molecule has 0 aliphatic carbocycles. The summed E-state index contributed by atoms with van der Waals surface area (Å²) in [5.41, 5.74) is 1.33. The van der Waals surface area contributed by atoms with E-state index in [2.05, 4.69) is 21.9 Å². The monoisotopic (exact) mass is 302 g/mol. The lowest BCUT2D eigenvalue weighted by Gasteiger charge is -2.40. The van der Waals surface area contributed by atoms with Gasteiger partial charge in [0.15, 0.2) is 11.5 Å². The van der Waals surface area contributed by atoms with E-state index in [0.29, 0.717) is 6.79 Å². The molecule has 0 radical (unpaired) electrons. The highest BCUT2D eigenvalue weighted by molar-refractivity contribution is 5.44. The van der Waals surface area contributed by atoms with Crippen LogP contribution >= 0.6 is 0 Å². The third-order valence-corrected chi connectivity index (χ3v) is 5.31. The molecule has 0 atom stereocenters. The summed E-state index contributed by atoms with van der Waals surface area (Å²) in [6, 6.07) is 7.18. The van der Waals surface area contributed by atoms with Crippen LogP contribution in [0.3, 0.4) is 0 Å². The maximum atomic E-state index is 5.48. The number of likely N-dealkylation sites (tertiary alicyclic amines) is 2. The molecule has 1 aromatic carbocycles. The van der Waals surface area contributed by atoms with Crippen molar-refractivity contribution in [3.63, 3.8) is 0 Å². The largest absolute Gasteiger partial charge is 0.454 e. The molecule has 22 heavy (non-hydrogen) atoms. The third-order valence-electron chi connectivity index (χ3n) is 5.31. The van der Waals surface area contributed by atoms with Crippen molar-refractivity contribution in [2.75, 3.05) is 33.0 Å². The zero-order valence-corrected chi connectivity index (χ0v) is 13.3. The fraction of sp³-hybridized carbons (Fsp3) is 0.667. The second kappa shape index (κ2) is 6.47. The average molecular weight is 302 g/mol. The molecule has 0 spiro atoms. The summed E-state index contributed by atoms with van der Waals surface area (Å²) in [6.07, 6.45) is 6.88. The maximum Gasteiger partial charge on any atom is 0.231 e. The smallest absolute Gasteiger partial charge is 0.231 e. The van der Waals surface area contributed by atoms with Gasteiger partial charge in [-0.25, -0.2) is 0 Å². The summed E-state index contributed by atoms with van der Waals surface area (Å²) in [7, 11) is 0. The van der Waals surface area contributed by atoms with Gasteiger partial charge in [0.1, 0.15) is 0 Å². The fourth-order valence-corrected chi connectivity index (χ4v) is 4.02. The van der Waals surface area contributed by atoms with Crippen LogP contribution in [0.2, 0.25) is 0 Å². The first-order valence-corrected chi connectivity index (χ1v) is 8.73. The van der Waals surface area contributed by atoms with Gasteiger partial charge in [0.05, 0.1) is 0 Å². The second-order valence-electron chi connectivity index (χ2n) is 6.79. The minimum absolute atomic E-state index is 0.361. The van der Waals surface area contributed by atoms with Crippen LogP contribution in [0.25, 0.3) is 0 Å². The van der Waals surface area contributed by atoms with Gasteiger partial charge in [0.2, 0.25) is 6.79 Å². The van der Waals surface area contributed by atoms with E-state index < -0.39 is 0 Å². The van der Waals surface area contributed by atoms with Gasteiger partial charge >= 0.3 is 0 Å². The van der Waals surface area contributed by atoms with Crippen molar-refractivity contribution in [1.29, 1.82) is 0 Å². The van der Waals surface area contributed by atoms with E-state index in [4.69, 9.17) is 9.47 Å². The maximum absolute atomic E-state index is 5.48. The fourth-order valence-electron chi connectivity index (χ4n) is 4.02. The van der Waals surface area contributed by atoms with E-state index in [1.165, 1.54) is 63.8 Å². The Hall–Kier alpha value is -1.26. The highest BCUT2D eigenvalue weighted by atomic mass is 16.7. The van der Waals surface area contributed by atoms with Crippen molar-refractivity contribution in [2.24, 2.45) is 0 Å². The summed E-state index contributed by atoms with van der Waals surface area (Å²) in [6.45, 7) is 6.48. The minimum Gasteiger partial charge on any atom is -0.454 e. The average Bonchev–Trinajstić information content (AvgIpc) is 3.04. The zero-order chi connectivity index (χ0) is 14.8. The van der Waals surface area contributed by atoms with Crippen LogP contribution in [0.1, 0.15) is 37.7 Å². The predicted molar refractivity (Wildman–Crippen MR) is 86.3 cm³/mol. The van der Waals surface area contributed by atoms with E-state index in [-0.39, 0.29) is 0 Å². The van der Waals surface area contributed by atoms with Crippen molar-refractivity contribution >= 4 is 0 Å². The van der Waals surface area contributed by atoms with Gasteiger partial charge in [0, 0.05) is 12.6 Å². The molecular formula is C18H26N2O2. The number of piperidine rings is 2. The Kier molecular flexibility index (Phi) is 4.22. The van der Waals surface area contributed by atoms with E-state index >= 15 is 0 Å². The molecular weight excluding hydrogens is 276 g/mol. The Morgan fingerprint density at radius 2 is 1.68 bits per heavy atom. The van der Waals surface area contributed by atoms with Crippen LogP contribution in [0.5, 0.6) is 11.5 Å². The third kappa shape index (κ3) is 3.08. The minimum atomic E-state index is 0.361. The Morgan fingerprint density at radius 1 is 0.909 bits per heavy atom. The number of rotatable bonds is 3. The van der Waals surface area contributed by atoms with Crippen molar-refractivity contribution < 1.29 is 9.47 Å². The van der Waals surface area contributed by atoms with Crippen LogP contribution in [-0.4, -0.2) is 48.8 Å². The summed E-state index contributed by atoms with van der Waals surface area (Å²) in [5.74, 6) is 1.79. The molecule has 4 rings (SSSR count). The van der Waals surface area contributed by atoms with Gasteiger partial charge in [0.25, 0.3) is 0 Å². The Morgan fingerprint density at radius 3 is 2.50 bits per heavy atom. The van der Waals surface area contributed by atoms with Gasteiger partial charge in [-0.2, -0.15) is 0 Å². The molecule has 4 heteroatoms. The SMILES string of the molecule is c1cc2c(cc1CN1CCC(N3CCCCC3)CC1)OCO2. The van der Waals surface area contributed by atoms with Gasteiger partial charge in [-0.15, -0.1) is 0 Å². The predicted octanol–water partition coefficient (Wildman–Crippen LogP) is 2.87. The zero-order valence-electron chi connectivity index (χ0n) is 13.3. The Labute approximate surface area is 133 Å². The lowest BCUT2D eigenvalue weighted by molar-refractivity contribution is 0.0896. The molecule has 120 valence electrons. The van der Waals surface area contributed by atoms with Crippen molar-refractivity contribution in [2.45, 2.75) is 44.7 Å². The summed E-state index contributed by atoms with van der Waals surface area (Å²) in [5, 5.41) is 0. The number of hydrogen-bond donors (Lipinski definition) is 0. The highest BCUT2D eigenvalue weighted by Crippen LogP contribution is 2.33. The first kappa shape index (κ1) is 14.3. The number of fused-ring (bicyclic) bond motifs is 1. The van der Waals surface area contributed by atoms with Crippen molar-refractivity contribution in [3.05, 3.63) is 23.8 Å². The molecule has 2 fully saturated rings. The van der Waals surface area contributed by atoms with E-state index in [9.17, 15) is 0 Å². The number of nitrogens with zero attached hydrogens (tertiary/aromatic N) is 2. The molecule has 3 aliphatic rings. The Bertz CT molecular complexity index is 506. The van der Waals surface area contributed by atoms with Crippen LogP contribution in [0.15, 0.2) is 18.2 Å². The van der Waals surface area contributed by atoms with Crippen LogP contribution in [-0.2, 0) is 6.54 Å². The highest BCUT2D eigenvalue weighted by Gasteiger charge is 2.25. The van der Waals surface area contributed by atoms with Crippen LogP contribution < -0.4 is 9.47 Å². The first-order chi connectivity index (χ1) is 10.9. The second-order valence-corrected chi connectivity index (χ2v) is 6.79. The summed E-state index contributed by atoms with van der Waals surface area (Å²) in [4.78, 5) is 5.32. The molecule has 4 nitrogen and oxygen atoms in total. The molecule has 0 N–H and O–H groups in total. The number of hydrogen-bond acceptors (Lipinski definition) is 4. The topological polar surface area (TPSA) is 24.9 Å². The van der Waals surface area contributed by atoms with Gasteiger partial charge in [-0.05, 0) is 69.6 Å². The number of ether oxygens (including phenoxy) is 2. The quantitative estimate of drug-likeness (QED) is 0.857. The summed E-state index contributed by atoms with van der Waals surface area (Å²) >= 11 is 0. The van der Waals surface area contributed by atoms with Crippen LogP contribution in [0, 0.1) is 0 Å². The molecule has 1 aromatic rings. The van der Waals surface area contributed by atoms with Gasteiger partial charge < -0.3 is 14.4 Å². The molecule has 0 amide bonds. The van der Waals surface area contributed by atoms with Crippen molar-refractivity contribution in [1.82, 2.24) is 9.80 Å². The molecule has 0 bridgehead atoms. The molecule has 3 aliphatic heterocycles. The van der Waals surface area contributed by atoms with E-state index in [1.807, 2.05) is 6.07 Å². The van der Waals surface area contributed by atoms with E-state index in [0.717, 1.165) is 24.1 Å². The molecule has 0 saturated carbocycles. The van der Waals surface area contributed by atoms with Crippen molar-refractivity contribution in [3.8, 4) is 11.5 Å². The standard InChI is InChI=1S/C18H26N2O2/c1-2-8-20(9-3-1)16-6-10-19(11-7-16)13-15-4-5-17-18(12-15)22-14-21-17/h4-5,12,16H,1-3,6-11,13-14H2. The van der Waals surface area contributed by atoms with Gasteiger partial charge in [-0.1, -0.05) is 12.5 Å². The molecule has 0 unspecified atom stereocenters. The first-order valence-electron chi connectivity index (χ1n) is 8.73. The molecule has 3 heterocycles. The van der Waals surface area contributed by atoms with Crippen LogP contribution in [0.4, 0.5) is 0 Å². The lowest BCUT2D eigenvalue weighted by atomic mass is 9.99.